The molecule has 0 atom stereocenters. The van der Waals surface area contributed by atoms with Gasteiger partial charge >= 0.3 is 0 Å². The number of aromatic nitrogens is 1. The zero-order valence-electron chi connectivity index (χ0n) is 10.2. The van der Waals surface area contributed by atoms with Gasteiger partial charge in [0.25, 0.3) is 0 Å². The summed E-state index contributed by atoms with van der Waals surface area (Å²) in [7, 11) is 0. The van der Waals surface area contributed by atoms with E-state index in [0.717, 1.165) is 18.7 Å². The molecule has 0 unspecified atom stereocenters. The maximum absolute atomic E-state index is 6.19. The third-order valence-electron chi connectivity index (χ3n) is 2.47. The molecule has 94 valence electrons. The third-order valence-corrected chi connectivity index (χ3v) is 2.77. The standard InChI is InChI=1S/C14H15ClN2O/c1-2-16-9-11-5-3-7-13(15)14(11)18-12-6-4-8-17-10-12/h3-8,10,16H,2,9H2,1H3. The molecule has 0 fully saturated rings. The molecule has 18 heavy (non-hydrogen) atoms. The van der Waals surface area contributed by atoms with Crippen LogP contribution in [-0.2, 0) is 6.54 Å². The van der Waals surface area contributed by atoms with E-state index >= 15 is 0 Å². The number of benzene rings is 1. The van der Waals surface area contributed by atoms with Gasteiger partial charge < -0.3 is 10.1 Å². The SMILES string of the molecule is CCNCc1cccc(Cl)c1Oc1cccnc1. The van der Waals surface area contributed by atoms with E-state index < -0.39 is 0 Å². The van der Waals surface area contributed by atoms with Crippen molar-refractivity contribution in [3.63, 3.8) is 0 Å². The van der Waals surface area contributed by atoms with Crippen molar-refractivity contribution in [2.75, 3.05) is 6.54 Å². The van der Waals surface area contributed by atoms with Gasteiger partial charge in [-0.25, -0.2) is 0 Å². The molecule has 0 aliphatic heterocycles. The van der Waals surface area contributed by atoms with Crippen LogP contribution in [0.5, 0.6) is 11.5 Å². The van der Waals surface area contributed by atoms with Gasteiger partial charge in [-0.2, -0.15) is 0 Å². The smallest absolute Gasteiger partial charge is 0.150 e. The summed E-state index contributed by atoms with van der Waals surface area (Å²) in [5.41, 5.74) is 1.04. The van der Waals surface area contributed by atoms with E-state index in [1.54, 1.807) is 12.4 Å². The Morgan fingerprint density at radius 2 is 2.17 bits per heavy atom. The second-order valence-corrected chi connectivity index (χ2v) is 4.21. The molecule has 4 heteroatoms. The fraction of sp³-hybridized carbons (Fsp3) is 0.214. The van der Waals surface area contributed by atoms with Crippen LogP contribution >= 0.6 is 11.6 Å². The lowest BCUT2D eigenvalue weighted by Crippen LogP contribution is -2.12. The quantitative estimate of drug-likeness (QED) is 0.893. The van der Waals surface area contributed by atoms with Crippen LogP contribution in [0.15, 0.2) is 42.7 Å². The van der Waals surface area contributed by atoms with E-state index in [1.807, 2.05) is 30.3 Å². The lowest BCUT2D eigenvalue weighted by atomic mass is 10.2. The summed E-state index contributed by atoms with van der Waals surface area (Å²) in [6.07, 6.45) is 3.37. The van der Waals surface area contributed by atoms with Crippen molar-refractivity contribution in [3.05, 3.63) is 53.3 Å². The van der Waals surface area contributed by atoms with Crippen LogP contribution in [0, 0.1) is 0 Å². The van der Waals surface area contributed by atoms with Crippen molar-refractivity contribution < 1.29 is 4.74 Å². The van der Waals surface area contributed by atoms with E-state index in [2.05, 4.69) is 17.2 Å². The summed E-state index contributed by atoms with van der Waals surface area (Å²) >= 11 is 6.19. The minimum atomic E-state index is 0.606. The molecule has 3 nitrogen and oxygen atoms in total. The molecule has 0 bridgehead atoms. The van der Waals surface area contributed by atoms with Crippen molar-refractivity contribution in [1.29, 1.82) is 0 Å². The molecule has 1 aromatic heterocycles. The van der Waals surface area contributed by atoms with Gasteiger partial charge in [0, 0.05) is 18.3 Å². The Labute approximate surface area is 112 Å². The first-order valence-corrected chi connectivity index (χ1v) is 6.25. The van der Waals surface area contributed by atoms with Gasteiger partial charge in [-0.1, -0.05) is 30.7 Å². The normalized spacial score (nSPS) is 10.3. The summed E-state index contributed by atoms with van der Waals surface area (Å²) in [5.74, 6) is 1.37. The number of rotatable bonds is 5. The summed E-state index contributed by atoms with van der Waals surface area (Å²) in [4.78, 5) is 4.02. The second-order valence-electron chi connectivity index (χ2n) is 3.80. The molecule has 2 aromatic rings. The number of hydrogen-bond donors (Lipinski definition) is 1. The van der Waals surface area contributed by atoms with Crippen LogP contribution in [0.1, 0.15) is 12.5 Å². The minimum Gasteiger partial charge on any atom is -0.454 e. The van der Waals surface area contributed by atoms with Crippen molar-refractivity contribution in [3.8, 4) is 11.5 Å². The molecule has 1 aromatic carbocycles. The fourth-order valence-corrected chi connectivity index (χ4v) is 1.82. The number of ether oxygens (including phenoxy) is 1. The number of pyridine rings is 1. The van der Waals surface area contributed by atoms with Gasteiger partial charge in [0.15, 0.2) is 5.75 Å². The van der Waals surface area contributed by atoms with Gasteiger partial charge in [-0.15, -0.1) is 0 Å². The average Bonchev–Trinajstić information content (AvgIpc) is 2.41. The topological polar surface area (TPSA) is 34.1 Å². The predicted molar refractivity (Wildman–Crippen MR) is 73.1 cm³/mol. The maximum atomic E-state index is 6.19. The molecule has 1 N–H and O–H groups in total. The summed E-state index contributed by atoms with van der Waals surface area (Å²) in [5, 5.41) is 3.87. The molecular weight excluding hydrogens is 248 g/mol. The molecule has 0 aliphatic carbocycles. The zero-order chi connectivity index (χ0) is 12.8. The Morgan fingerprint density at radius 1 is 1.28 bits per heavy atom. The first-order chi connectivity index (χ1) is 8.81. The third kappa shape index (κ3) is 3.22. The molecule has 1 heterocycles. The number of hydrogen-bond acceptors (Lipinski definition) is 3. The lowest BCUT2D eigenvalue weighted by Gasteiger charge is -2.12. The number of halogens is 1. The van der Waals surface area contributed by atoms with Crippen molar-refractivity contribution in [2.24, 2.45) is 0 Å². The zero-order valence-corrected chi connectivity index (χ0v) is 10.9. The monoisotopic (exact) mass is 262 g/mol. The Bertz CT molecular complexity index is 502. The number of nitrogens with one attached hydrogen (secondary N) is 1. The first kappa shape index (κ1) is 12.9. The van der Waals surface area contributed by atoms with E-state index in [-0.39, 0.29) is 0 Å². The van der Waals surface area contributed by atoms with Crippen LogP contribution in [0.2, 0.25) is 5.02 Å². The van der Waals surface area contributed by atoms with E-state index in [4.69, 9.17) is 16.3 Å². The molecule has 2 rings (SSSR count). The number of para-hydroxylation sites is 1. The Hall–Kier alpha value is -1.58. The van der Waals surface area contributed by atoms with Crippen LogP contribution in [-0.4, -0.2) is 11.5 Å². The van der Waals surface area contributed by atoms with Gasteiger partial charge in [-0.3, -0.25) is 4.98 Å². The molecule has 0 radical (unpaired) electrons. The maximum Gasteiger partial charge on any atom is 0.150 e. The average molecular weight is 263 g/mol. The summed E-state index contributed by atoms with van der Waals surface area (Å²) in [6.45, 7) is 3.69. The highest BCUT2D eigenvalue weighted by atomic mass is 35.5. The summed E-state index contributed by atoms with van der Waals surface area (Å²) in [6, 6.07) is 9.43. The van der Waals surface area contributed by atoms with Crippen LogP contribution in [0.25, 0.3) is 0 Å². The highest BCUT2D eigenvalue weighted by Crippen LogP contribution is 2.32. The van der Waals surface area contributed by atoms with Crippen molar-refractivity contribution in [2.45, 2.75) is 13.5 Å². The van der Waals surface area contributed by atoms with Gasteiger partial charge in [0.1, 0.15) is 5.75 Å². The molecule has 0 amide bonds. The largest absolute Gasteiger partial charge is 0.454 e. The van der Waals surface area contributed by atoms with Gasteiger partial charge in [0.05, 0.1) is 11.2 Å². The fourth-order valence-electron chi connectivity index (χ4n) is 1.59. The second kappa shape index (κ2) is 6.38. The minimum absolute atomic E-state index is 0.606. The van der Waals surface area contributed by atoms with Crippen molar-refractivity contribution >= 4 is 11.6 Å². The first-order valence-electron chi connectivity index (χ1n) is 5.87. The van der Waals surface area contributed by atoms with Gasteiger partial charge in [0.2, 0.25) is 0 Å². The predicted octanol–water partition coefficient (Wildman–Crippen LogP) is 3.64. The Morgan fingerprint density at radius 3 is 2.89 bits per heavy atom. The van der Waals surface area contributed by atoms with Gasteiger partial charge in [-0.05, 0) is 24.7 Å². The highest BCUT2D eigenvalue weighted by Gasteiger charge is 2.09. The van der Waals surface area contributed by atoms with E-state index in [0.29, 0.717) is 16.5 Å². The van der Waals surface area contributed by atoms with Crippen LogP contribution in [0.3, 0.4) is 0 Å². The highest BCUT2D eigenvalue weighted by molar-refractivity contribution is 6.32. The molecule has 0 aliphatic rings. The Balaban J connectivity index is 2.25. The molecular formula is C14H15ClN2O. The lowest BCUT2D eigenvalue weighted by molar-refractivity contribution is 0.471. The molecule has 0 saturated carbocycles. The van der Waals surface area contributed by atoms with Crippen LogP contribution in [0.4, 0.5) is 0 Å². The number of nitrogens with zero attached hydrogens (tertiary/aromatic N) is 1. The molecule has 0 spiro atoms. The van der Waals surface area contributed by atoms with E-state index in [1.165, 1.54) is 0 Å². The van der Waals surface area contributed by atoms with Crippen LogP contribution < -0.4 is 10.1 Å². The molecule has 0 saturated heterocycles. The Kier molecular flexibility index (Phi) is 4.56. The summed E-state index contributed by atoms with van der Waals surface area (Å²) < 4.78 is 5.80. The van der Waals surface area contributed by atoms with E-state index in [9.17, 15) is 0 Å². The van der Waals surface area contributed by atoms with Crippen molar-refractivity contribution in [1.82, 2.24) is 10.3 Å².